The number of benzene rings is 4. The van der Waals surface area contributed by atoms with E-state index in [1.165, 1.54) is 32.3 Å². The Labute approximate surface area is 512 Å². The quantitative estimate of drug-likeness (QED) is 0.0888. The van der Waals surface area contributed by atoms with E-state index in [0.29, 0.717) is 85.5 Å². The average molecular weight is 1270 g/mol. The molecular weight excluding hydrogens is 1200 g/mol. The summed E-state index contributed by atoms with van der Waals surface area (Å²) in [7, 11) is -0.393. The first-order valence-electron chi connectivity index (χ1n) is 27.8. The second-order valence-corrected chi connectivity index (χ2v) is 25.4. The van der Waals surface area contributed by atoms with Crippen LogP contribution in [0.1, 0.15) is 34.6 Å². The molecule has 8 aromatic rings. The van der Waals surface area contributed by atoms with Crippen LogP contribution in [0.3, 0.4) is 0 Å². The number of aromatic nitrogens is 8. The van der Waals surface area contributed by atoms with Gasteiger partial charge in [-0.3, -0.25) is 34.8 Å². The number of piperazine rings is 4. The van der Waals surface area contributed by atoms with E-state index in [-0.39, 0.29) is 36.4 Å². The molecule has 29 heteroatoms. The number of aromatic amines is 4. The second-order valence-electron chi connectivity index (χ2n) is 21.8. The van der Waals surface area contributed by atoms with Crippen LogP contribution in [0.2, 0.25) is 20.1 Å². The predicted molar refractivity (Wildman–Crippen MR) is 336 cm³/mol. The van der Waals surface area contributed by atoms with E-state index >= 15 is 0 Å². The first kappa shape index (κ1) is 62.8. The molecule has 6 N–H and O–H groups in total. The number of nitrogens with one attached hydrogen (secondary N) is 5. The maximum absolute atomic E-state index is 12.1. The highest BCUT2D eigenvalue weighted by Crippen LogP contribution is 2.35. The van der Waals surface area contributed by atoms with E-state index in [2.05, 4.69) is 79.0 Å². The molecule has 0 spiro atoms. The zero-order chi connectivity index (χ0) is 60.9. The lowest BCUT2D eigenvalue weighted by atomic mass is 10.1. The van der Waals surface area contributed by atoms with Gasteiger partial charge in [-0.25, -0.2) is 4.72 Å². The molecule has 4 aliphatic rings. The maximum Gasteiger partial charge on any atom is 0.279 e. The zero-order valence-electron chi connectivity index (χ0n) is 48.4. The van der Waals surface area contributed by atoms with Crippen LogP contribution < -0.4 is 24.3 Å². The number of carbonyl (C=O) groups is 3. The number of ether oxygens (including phenoxy) is 1. The van der Waals surface area contributed by atoms with Crippen molar-refractivity contribution in [3.8, 4) is 0 Å². The monoisotopic (exact) mass is 1270 g/mol. The van der Waals surface area contributed by atoms with Crippen LogP contribution in [0.4, 0.5) is 22.7 Å². The van der Waals surface area contributed by atoms with Crippen LogP contribution in [0, 0.1) is 0 Å². The molecule has 4 fully saturated rings. The molecule has 0 radical (unpaired) electrons. The van der Waals surface area contributed by atoms with Crippen LogP contribution in [0.25, 0.3) is 43.6 Å². The number of carbonyl (C=O) groups excluding carboxylic acids is 3. The fraction of sp³-hybridized carbons (Fsp3) is 0.446. The number of fused-ring (bicyclic) bond motifs is 4. The van der Waals surface area contributed by atoms with Gasteiger partial charge in [0.2, 0.25) is 11.8 Å². The molecule has 8 heterocycles. The van der Waals surface area contributed by atoms with Crippen LogP contribution in [0.5, 0.6) is 0 Å². The number of anilines is 4. The van der Waals surface area contributed by atoms with Crippen molar-refractivity contribution in [3.63, 3.8) is 0 Å². The van der Waals surface area contributed by atoms with Gasteiger partial charge in [-0.15, -0.1) is 0 Å². The Morgan fingerprint density at radius 1 is 0.576 bits per heavy atom. The van der Waals surface area contributed by atoms with Crippen molar-refractivity contribution in [1.82, 2.24) is 64.5 Å². The molecule has 0 aliphatic carbocycles. The Morgan fingerprint density at radius 3 is 1.22 bits per heavy atom. The number of rotatable bonds is 9. The first-order valence-corrected chi connectivity index (χ1v) is 30.7. The molecule has 4 aromatic carbocycles. The third-order valence-electron chi connectivity index (χ3n) is 15.5. The van der Waals surface area contributed by atoms with Crippen LogP contribution in [-0.2, 0) is 29.3 Å². The molecule has 12 rings (SSSR count). The van der Waals surface area contributed by atoms with Gasteiger partial charge in [0.15, 0.2) is 0 Å². The zero-order valence-corrected chi connectivity index (χ0v) is 52.2. The number of aliphatic hydroxyl groups is 1. The summed E-state index contributed by atoms with van der Waals surface area (Å²) in [6, 6.07) is 15.5. The number of halogens is 4. The minimum absolute atomic E-state index is 0.0386. The van der Waals surface area contributed by atoms with E-state index in [9.17, 15) is 27.9 Å². The van der Waals surface area contributed by atoms with Crippen molar-refractivity contribution in [1.29, 1.82) is 0 Å². The molecule has 0 unspecified atom stereocenters. The molecule has 2 atom stereocenters. The molecule has 24 nitrogen and oxygen atoms in total. The van der Waals surface area contributed by atoms with Crippen LogP contribution in [0.15, 0.2) is 73.3 Å². The lowest BCUT2D eigenvalue weighted by molar-refractivity contribution is -0.148. The highest BCUT2D eigenvalue weighted by molar-refractivity contribution is 7.87. The van der Waals surface area contributed by atoms with Crippen molar-refractivity contribution in [2.45, 2.75) is 52.3 Å². The summed E-state index contributed by atoms with van der Waals surface area (Å²) in [5.41, 5.74) is 6.45. The van der Waals surface area contributed by atoms with E-state index in [0.717, 1.165) is 92.5 Å². The van der Waals surface area contributed by atoms with Crippen molar-refractivity contribution in [2.75, 3.05) is 132 Å². The first-order chi connectivity index (χ1) is 40.5. The highest BCUT2D eigenvalue weighted by atomic mass is 35.5. The summed E-state index contributed by atoms with van der Waals surface area (Å²) in [6.45, 7) is 18.2. The van der Waals surface area contributed by atoms with Gasteiger partial charge in [0.1, 0.15) is 12.2 Å². The Morgan fingerprint density at radius 2 is 0.906 bits per heavy atom. The van der Waals surface area contributed by atoms with Gasteiger partial charge in [-0.05, 0) is 76.2 Å². The van der Waals surface area contributed by atoms with Gasteiger partial charge in [0, 0.05) is 189 Å². The van der Waals surface area contributed by atoms with E-state index < -0.39 is 15.8 Å². The Hall–Kier alpha value is -6.68. The molecule has 456 valence electrons. The molecule has 4 aromatic heterocycles. The molecule has 3 amide bonds. The lowest BCUT2D eigenvalue weighted by Gasteiger charge is -2.45. The minimum atomic E-state index is -3.35. The van der Waals surface area contributed by atoms with Crippen molar-refractivity contribution >= 4 is 141 Å². The number of hydrogen-bond acceptors (Lipinski definition) is 15. The SMILES string of the molecule is CC(=O)N1[C@H](C)CN(c2cc(Cl)cc3[nH]ncc23)C[C@@H]1C.CC(C)(O)C(=O)N1CCN(c2cc(Cl)cc3[nH]ncc23)CC1.CNS(=O)(=O)N1CCN(c2cc(Cl)cc3[nH]ncc23)CC1.COCC(=O)N1CCN(c2cc(Cl)cc3[nH]ncc23)CC1. The molecule has 4 aliphatic heterocycles. The lowest BCUT2D eigenvalue weighted by Crippen LogP contribution is -2.58. The highest BCUT2D eigenvalue weighted by Gasteiger charge is 2.34. The fourth-order valence-corrected chi connectivity index (χ4v) is 13.2. The van der Waals surface area contributed by atoms with E-state index in [1.807, 2.05) is 70.7 Å². The second kappa shape index (κ2) is 26.9. The number of nitrogens with zero attached hydrogens (tertiary/aromatic N) is 12. The largest absolute Gasteiger partial charge is 0.381 e. The number of hydrogen-bond donors (Lipinski definition) is 6. The smallest absolute Gasteiger partial charge is 0.279 e. The van der Waals surface area contributed by atoms with Gasteiger partial charge >= 0.3 is 0 Å². The summed E-state index contributed by atoms with van der Waals surface area (Å²) in [5, 5.41) is 44.6. The summed E-state index contributed by atoms with van der Waals surface area (Å²) >= 11 is 24.7. The summed E-state index contributed by atoms with van der Waals surface area (Å²) in [4.78, 5) is 50.0. The van der Waals surface area contributed by atoms with Crippen molar-refractivity contribution in [3.05, 3.63) is 93.4 Å². The molecule has 0 saturated carbocycles. The molecule has 4 saturated heterocycles. The normalized spacial score (nSPS) is 18.1. The van der Waals surface area contributed by atoms with Gasteiger partial charge in [-0.1, -0.05) is 46.4 Å². The van der Waals surface area contributed by atoms with Gasteiger partial charge in [0.05, 0.1) is 46.9 Å². The van der Waals surface area contributed by atoms with Crippen molar-refractivity contribution < 1.29 is 32.6 Å². The predicted octanol–water partition coefficient (Wildman–Crippen LogP) is 6.61. The van der Waals surface area contributed by atoms with Crippen molar-refractivity contribution in [2.24, 2.45) is 0 Å². The van der Waals surface area contributed by atoms with E-state index in [1.54, 1.807) is 24.2 Å². The third kappa shape index (κ3) is 14.6. The maximum atomic E-state index is 12.1. The Kier molecular flexibility index (Phi) is 19.9. The summed E-state index contributed by atoms with van der Waals surface area (Å²) in [5.74, 6) is -0.0578. The standard InChI is InChI=1S/C15H19ClN4O2.C15H19ClN4O.C14H17ClN4O2.C12H16ClN5O2S/c1-15(2,22)14(21)20-5-3-19(4-6-20)13-8-10(16)7-12-11(13)9-17-18-12;1-9-7-19(8-10(2)20(9)11(3)21)15-5-12(16)4-14-13(15)6-17-18-14;1-21-9-14(20)19-4-2-18(3-5-19)13-7-10(15)6-12-11(13)8-16-17-12;1-14-21(19,20)18-4-2-17(3-5-18)12-7-9(13)6-11-10(12)8-15-16-11/h7-9,22H,3-6H2,1-2H3,(H,17,18);4-6,9-10H,7-8H2,1-3H3,(H,17,18);6-8H,2-5,9H2,1H3,(H,16,17);6-8,14H,2-5H2,1H3,(H,15,16)/t;9-,10+;;. The van der Waals surface area contributed by atoms with Crippen LogP contribution >= 0.6 is 46.4 Å². The van der Waals surface area contributed by atoms with Gasteiger partial charge in [-0.2, -0.15) is 33.1 Å². The van der Waals surface area contributed by atoms with Gasteiger partial charge < -0.3 is 44.1 Å². The van der Waals surface area contributed by atoms with Crippen LogP contribution in [-0.4, -0.2) is 221 Å². The third-order valence-corrected chi connectivity index (χ3v) is 17.9. The summed E-state index contributed by atoms with van der Waals surface area (Å²) < 4.78 is 32.3. The summed E-state index contributed by atoms with van der Waals surface area (Å²) in [6.07, 6.45) is 7.18. The molecule has 85 heavy (non-hydrogen) atoms. The van der Waals surface area contributed by atoms with Gasteiger partial charge in [0.25, 0.3) is 16.1 Å². The molecular formula is C56H71Cl4N17O7S. The Bertz CT molecular complexity index is 3740. The fourth-order valence-electron chi connectivity index (χ4n) is 11.4. The number of amides is 3. The Balaban J connectivity index is 0.000000136. The number of methoxy groups -OCH3 is 1. The molecule has 0 bridgehead atoms. The average Bonchev–Trinajstić information content (AvgIpc) is 3.78. The number of H-pyrrole nitrogens is 4. The minimum Gasteiger partial charge on any atom is -0.381 e. The van der Waals surface area contributed by atoms with E-state index in [4.69, 9.17) is 51.1 Å². The topological polar surface area (TPSA) is 267 Å².